The van der Waals surface area contributed by atoms with Gasteiger partial charge < -0.3 is 15.0 Å². The van der Waals surface area contributed by atoms with Crippen molar-refractivity contribution in [2.45, 2.75) is 12.3 Å². The minimum Gasteiger partial charge on any atom is -0.494 e. The summed E-state index contributed by atoms with van der Waals surface area (Å²) in [5.41, 5.74) is 3.22. The molecule has 0 radical (unpaired) electrons. The number of aryl methyl sites for hydroxylation is 1. The number of aromatic nitrogens is 4. The van der Waals surface area contributed by atoms with Gasteiger partial charge in [0.05, 0.1) is 18.3 Å². The number of nitrogens with one attached hydrogen (secondary N) is 1. The Kier molecular flexibility index (Phi) is 4.63. The standard InChI is InChI=1S/C21H22N6O2S/c1-26-7-6-12(10-26)14-4-5-15-20(23-14)30-21(24-15)19(28)22-17-8-13-11-27(2)25-16(13)9-18(17)29-3/h4-5,8-9,11-12H,6-7,10H2,1-3H3,(H,22,28). The molecule has 1 amide bonds. The zero-order chi connectivity index (χ0) is 20.8. The lowest BCUT2D eigenvalue weighted by molar-refractivity contribution is 0.102. The Morgan fingerprint density at radius 2 is 2.10 bits per heavy atom. The summed E-state index contributed by atoms with van der Waals surface area (Å²) in [4.78, 5) is 25.3. The fourth-order valence-corrected chi connectivity index (χ4v) is 4.79. The maximum absolute atomic E-state index is 12.9. The third kappa shape index (κ3) is 3.40. The van der Waals surface area contributed by atoms with Gasteiger partial charge in [0.1, 0.15) is 16.1 Å². The van der Waals surface area contributed by atoms with Crippen LogP contribution in [0.1, 0.15) is 27.8 Å². The van der Waals surface area contributed by atoms with Crippen LogP contribution in [-0.4, -0.2) is 57.8 Å². The Hall–Kier alpha value is -3.04. The quantitative estimate of drug-likeness (QED) is 0.543. The molecule has 5 rings (SSSR count). The number of pyridine rings is 1. The van der Waals surface area contributed by atoms with Gasteiger partial charge in [-0.15, -0.1) is 0 Å². The molecule has 1 atom stereocenters. The predicted molar refractivity (Wildman–Crippen MR) is 117 cm³/mol. The highest BCUT2D eigenvalue weighted by Crippen LogP contribution is 2.31. The highest BCUT2D eigenvalue weighted by molar-refractivity contribution is 7.20. The van der Waals surface area contributed by atoms with Crippen molar-refractivity contribution in [3.63, 3.8) is 0 Å². The summed E-state index contributed by atoms with van der Waals surface area (Å²) < 4.78 is 7.17. The first-order valence-corrected chi connectivity index (χ1v) is 10.6. The van der Waals surface area contributed by atoms with Crippen molar-refractivity contribution in [1.29, 1.82) is 0 Å². The first kappa shape index (κ1) is 19.0. The van der Waals surface area contributed by atoms with Gasteiger partial charge in [0.2, 0.25) is 0 Å². The van der Waals surface area contributed by atoms with E-state index in [-0.39, 0.29) is 5.91 Å². The molecule has 1 aromatic carbocycles. The van der Waals surface area contributed by atoms with E-state index < -0.39 is 0 Å². The minimum absolute atomic E-state index is 0.276. The fraction of sp³-hybridized carbons (Fsp3) is 0.333. The smallest absolute Gasteiger partial charge is 0.284 e. The highest BCUT2D eigenvalue weighted by atomic mass is 32.1. The number of anilines is 1. The Balaban J connectivity index is 1.42. The van der Waals surface area contributed by atoms with Gasteiger partial charge in [-0.05, 0) is 38.2 Å². The van der Waals surface area contributed by atoms with E-state index in [1.165, 1.54) is 11.3 Å². The number of carbonyl (C=O) groups is 1. The zero-order valence-electron chi connectivity index (χ0n) is 17.0. The highest BCUT2D eigenvalue weighted by Gasteiger charge is 2.23. The number of ether oxygens (including phenoxy) is 1. The summed E-state index contributed by atoms with van der Waals surface area (Å²) in [6.45, 7) is 2.10. The molecular weight excluding hydrogens is 400 g/mol. The van der Waals surface area contributed by atoms with Crippen LogP contribution in [0.2, 0.25) is 0 Å². The number of rotatable bonds is 4. The molecule has 1 aliphatic rings. The van der Waals surface area contributed by atoms with E-state index in [0.717, 1.165) is 46.5 Å². The SMILES string of the molecule is COc1cc2nn(C)cc2cc1NC(=O)c1nc2ccc(C3CCN(C)C3)nc2s1. The predicted octanol–water partition coefficient (Wildman–Crippen LogP) is 3.26. The van der Waals surface area contributed by atoms with Crippen LogP contribution in [0.15, 0.2) is 30.5 Å². The molecule has 0 aliphatic carbocycles. The van der Waals surface area contributed by atoms with E-state index in [0.29, 0.717) is 22.4 Å². The average Bonchev–Trinajstić information content (AvgIpc) is 3.43. The van der Waals surface area contributed by atoms with Crippen LogP contribution < -0.4 is 10.1 Å². The third-order valence-corrected chi connectivity index (χ3v) is 6.43. The zero-order valence-corrected chi connectivity index (χ0v) is 17.9. The van der Waals surface area contributed by atoms with Crippen LogP contribution in [0.4, 0.5) is 5.69 Å². The molecule has 4 aromatic rings. The Bertz CT molecular complexity index is 1260. The molecule has 1 unspecified atom stereocenters. The third-order valence-electron chi connectivity index (χ3n) is 5.47. The second-order valence-electron chi connectivity index (χ2n) is 7.70. The number of benzene rings is 1. The van der Waals surface area contributed by atoms with E-state index >= 15 is 0 Å². The molecule has 1 fully saturated rings. The second-order valence-corrected chi connectivity index (χ2v) is 8.67. The van der Waals surface area contributed by atoms with Crippen LogP contribution in [-0.2, 0) is 7.05 Å². The van der Waals surface area contributed by atoms with Gasteiger partial charge >= 0.3 is 0 Å². The van der Waals surface area contributed by atoms with E-state index in [1.54, 1.807) is 11.8 Å². The van der Waals surface area contributed by atoms with Gasteiger partial charge in [-0.3, -0.25) is 9.48 Å². The van der Waals surface area contributed by atoms with Crippen molar-refractivity contribution in [1.82, 2.24) is 24.6 Å². The summed E-state index contributed by atoms with van der Waals surface area (Å²) in [7, 11) is 5.56. The minimum atomic E-state index is -0.276. The molecule has 9 heteroatoms. The topological polar surface area (TPSA) is 85.2 Å². The van der Waals surface area contributed by atoms with Crippen LogP contribution in [0.5, 0.6) is 5.75 Å². The summed E-state index contributed by atoms with van der Waals surface area (Å²) in [5.74, 6) is 0.720. The first-order chi connectivity index (χ1) is 14.5. The number of hydrogen-bond donors (Lipinski definition) is 1. The molecule has 1 saturated heterocycles. The second kappa shape index (κ2) is 7.33. The molecule has 1 aliphatic heterocycles. The van der Waals surface area contributed by atoms with Crippen LogP contribution in [0.25, 0.3) is 21.3 Å². The molecule has 0 bridgehead atoms. The van der Waals surface area contributed by atoms with Crippen molar-refractivity contribution in [3.05, 3.63) is 41.2 Å². The van der Waals surface area contributed by atoms with Crippen molar-refractivity contribution in [2.75, 3.05) is 32.6 Å². The lowest BCUT2D eigenvalue weighted by atomic mass is 10.0. The summed E-state index contributed by atoms with van der Waals surface area (Å²) >= 11 is 1.31. The van der Waals surface area contributed by atoms with E-state index in [9.17, 15) is 4.79 Å². The molecule has 154 valence electrons. The first-order valence-electron chi connectivity index (χ1n) is 9.79. The molecule has 3 aromatic heterocycles. The van der Waals surface area contributed by atoms with Gasteiger partial charge in [-0.2, -0.15) is 5.10 Å². The molecule has 4 heterocycles. The number of likely N-dealkylation sites (N-methyl/N-ethyl adjacent to an activating group) is 1. The largest absolute Gasteiger partial charge is 0.494 e. The van der Waals surface area contributed by atoms with E-state index in [1.807, 2.05) is 37.5 Å². The molecular formula is C21H22N6O2S. The van der Waals surface area contributed by atoms with E-state index in [4.69, 9.17) is 9.72 Å². The van der Waals surface area contributed by atoms with Crippen molar-refractivity contribution in [3.8, 4) is 5.75 Å². The van der Waals surface area contributed by atoms with Gasteiger partial charge in [-0.25, -0.2) is 9.97 Å². The van der Waals surface area contributed by atoms with Crippen molar-refractivity contribution in [2.24, 2.45) is 7.05 Å². The average molecular weight is 423 g/mol. The van der Waals surface area contributed by atoms with Gasteiger partial charge in [0, 0.05) is 42.9 Å². The normalized spacial score (nSPS) is 17.1. The number of thiazole rings is 1. The fourth-order valence-electron chi connectivity index (χ4n) is 3.95. The van der Waals surface area contributed by atoms with Crippen LogP contribution in [0, 0.1) is 0 Å². The number of likely N-dealkylation sites (tertiary alicyclic amines) is 1. The molecule has 8 nitrogen and oxygen atoms in total. The Morgan fingerprint density at radius 3 is 2.87 bits per heavy atom. The molecule has 0 spiro atoms. The lowest BCUT2D eigenvalue weighted by Crippen LogP contribution is -2.13. The Morgan fingerprint density at radius 1 is 1.23 bits per heavy atom. The van der Waals surface area contributed by atoms with Crippen LogP contribution >= 0.6 is 11.3 Å². The van der Waals surface area contributed by atoms with Crippen LogP contribution in [0.3, 0.4) is 0 Å². The maximum Gasteiger partial charge on any atom is 0.284 e. The molecule has 1 N–H and O–H groups in total. The summed E-state index contributed by atoms with van der Waals surface area (Å²) in [6.07, 6.45) is 3.01. The summed E-state index contributed by atoms with van der Waals surface area (Å²) in [6, 6.07) is 7.67. The van der Waals surface area contributed by atoms with Crippen molar-refractivity contribution < 1.29 is 9.53 Å². The Labute approximate surface area is 177 Å². The molecule has 30 heavy (non-hydrogen) atoms. The number of amides is 1. The molecule has 0 saturated carbocycles. The summed E-state index contributed by atoms with van der Waals surface area (Å²) in [5, 5.41) is 8.61. The van der Waals surface area contributed by atoms with Gasteiger partial charge in [-0.1, -0.05) is 11.3 Å². The van der Waals surface area contributed by atoms with Crippen molar-refractivity contribution >= 4 is 44.2 Å². The number of nitrogens with zero attached hydrogens (tertiary/aromatic N) is 5. The monoisotopic (exact) mass is 422 g/mol. The number of hydrogen-bond acceptors (Lipinski definition) is 7. The number of carbonyl (C=O) groups excluding carboxylic acids is 1. The van der Waals surface area contributed by atoms with Gasteiger partial charge in [0.15, 0.2) is 5.01 Å². The van der Waals surface area contributed by atoms with Gasteiger partial charge in [0.25, 0.3) is 5.91 Å². The van der Waals surface area contributed by atoms with E-state index in [2.05, 4.69) is 27.3 Å². The maximum atomic E-state index is 12.9. The lowest BCUT2D eigenvalue weighted by Gasteiger charge is -2.09. The number of fused-ring (bicyclic) bond motifs is 2. The number of methoxy groups -OCH3 is 1.